The number of carbonyl (C=O) groups excluding carboxylic acids is 1. The van der Waals surface area contributed by atoms with Gasteiger partial charge in [-0.25, -0.2) is 0 Å². The average molecular weight is 215 g/mol. The first-order valence-corrected chi connectivity index (χ1v) is 5.39. The third kappa shape index (κ3) is 3.09. The highest BCUT2D eigenvalue weighted by Crippen LogP contribution is 2.15. The van der Waals surface area contributed by atoms with Crippen molar-refractivity contribution in [2.24, 2.45) is 0 Å². The molecular weight excluding hydrogens is 198 g/mol. The molecule has 0 aromatic heterocycles. The lowest BCUT2D eigenvalue weighted by Gasteiger charge is -2.05. The molecule has 84 valence electrons. The molecule has 1 amide bonds. The molecule has 1 rings (SSSR count). The van der Waals surface area contributed by atoms with Gasteiger partial charge in [0.15, 0.2) is 0 Å². The number of amides is 1. The van der Waals surface area contributed by atoms with Crippen molar-refractivity contribution < 1.29 is 4.79 Å². The van der Waals surface area contributed by atoms with E-state index >= 15 is 0 Å². The number of rotatable bonds is 4. The van der Waals surface area contributed by atoms with Crippen molar-refractivity contribution in [1.82, 2.24) is 5.32 Å². The molecule has 0 aliphatic heterocycles. The number of benzene rings is 1. The molecule has 2 heteroatoms. The molecule has 0 aliphatic carbocycles. The maximum absolute atomic E-state index is 11.6. The minimum Gasteiger partial charge on any atom is -0.352 e. The Labute approximate surface area is 96.7 Å². The van der Waals surface area contributed by atoms with Crippen molar-refractivity contribution in [3.8, 4) is 0 Å². The van der Waals surface area contributed by atoms with Gasteiger partial charge in [-0.15, -0.1) is 0 Å². The van der Waals surface area contributed by atoms with Crippen LogP contribution in [0.15, 0.2) is 43.0 Å². The zero-order valence-corrected chi connectivity index (χ0v) is 9.79. The van der Waals surface area contributed by atoms with Crippen LogP contribution in [0.3, 0.4) is 0 Å². The Hall–Kier alpha value is -1.83. The van der Waals surface area contributed by atoms with Gasteiger partial charge >= 0.3 is 0 Å². The fourth-order valence-corrected chi connectivity index (χ4v) is 1.42. The van der Waals surface area contributed by atoms with Gasteiger partial charge in [0.25, 0.3) is 5.91 Å². The zero-order valence-electron chi connectivity index (χ0n) is 9.79. The predicted octanol–water partition coefficient (Wildman–Crippen LogP) is 3.03. The molecule has 1 aromatic rings. The summed E-state index contributed by atoms with van der Waals surface area (Å²) in [4.78, 5) is 11.6. The van der Waals surface area contributed by atoms with Gasteiger partial charge in [0.05, 0.1) is 0 Å². The van der Waals surface area contributed by atoms with Gasteiger partial charge in [0.1, 0.15) is 0 Å². The summed E-state index contributed by atoms with van der Waals surface area (Å²) in [5, 5.41) is 2.77. The Morgan fingerprint density at radius 3 is 2.75 bits per heavy atom. The van der Waals surface area contributed by atoms with Gasteiger partial charge in [-0.2, -0.15) is 0 Å². The van der Waals surface area contributed by atoms with E-state index in [0.29, 0.717) is 12.1 Å². The summed E-state index contributed by atoms with van der Waals surface area (Å²) in [6.45, 7) is 8.43. The van der Waals surface area contributed by atoms with Gasteiger partial charge in [-0.05, 0) is 37.1 Å². The predicted molar refractivity (Wildman–Crippen MR) is 68.3 cm³/mol. The standard InChI is InChI=1S/C14H17NO/c1-4-7-11(3)12-8-6-9-13(10-12)14(16)15-5-2/h4,6-10H,3,5H2,1-2H3,(H,15,16). The minimum atomic E-state index is -0.0439. The monoisotopic (exact) mass is 215 g/mol. The van der Waals surface area contributed by atoms with Crippen molar-refractivity contribution in [3.05, 3.63) is 54.1 Å². The van der Waals surface area contributed by atoms with E-state index < -0.39 is 0 Å². The Morgan fingerprint density at radius 2 is 2.12 bits per heavy atom. The summed E-state index contributed by atoms with van der Waals surface area (Å²) in [5.74, 6) is -0.0439. The number of nitrogens with one attached hydrogen (secondary N) is 1. The summed E-state index contributed by atoms with van der Waals surface area (Å²) < 4.78 is 0. The van der Waals surface area contributed by atoms with E-state index in [1.54, 1.807) is 6.07 Å². The van der Waals surface area contributed by atoms with Crippen LogP contribution in [-0.4, -0.2) is 12.5 Å². The second-order valence-corrected chi connectivity index (χ2v) is 3.47. The number of carbonyl (C=O) groups is 1. The number of hydrogen-bond acceptors (Lipinski definition) is 1. The molecule has 0 unspecified atom stereocenters. The molecular formula is C14H17NO. The largest absolute Gasteiger partial charge is 0.352 e. The highest BCUT2D eigenvalue weighted by Gasteiger charge is 2.04. The van der Waals surface area contributed by atoms with E-state index in [-0.39, 0.29) is 5.91 Å². The molecule has 0 fully saturated rings. The highest BCUT2D eigenvalue weighted by atomic mass is 16.1. The molecule has 1 aromatic carbocycles. The molecule has 0 atom stereocenters. The summed E-state index contributed by atoms with van der Waals surface area (Å²) in [7, 11) is 0. The zero-order chi connectivity index (χ0) is 12.0. The molecule has 0 saturated carbocycles. The molecule has 0 spiro atoms. The molecule has 0 bridgehead atoms. The van der Waals surface area contributed by atoms with Gasteiger partial charge in [-0.3, -0.25) is 4.79 Å². The highest BCUT2D eigenvalue weighted by molar-refractivity contribution is 5.95. The molecule has 0 saturated heterocycles. The van der Waals surface area contributed by atoms with Crippen LogP contribution >= 0.6 is 0 Å². The topological polar surface area (TPSA) is 29.1 Å². The molecule has 1 N–H and O–H groups in total. The Morgan fingerprint density at radius 1 is 1.44 bits per heavy atom. The average Bonchev–Trinajstić information content (AvgIpc) is 2.30. The minimum absolute atomic E-state index is 0.0439. The molecule has 0 aliphatic rings. The second-order valence-electron chi connectivity index (χ2n) is 3.47. The van der Waals surface area contributed by atoms with Crippen molar-refractivity contribution >= 4 is 11.5 Å². The maximum Gasteiger partial charge on any atom is 0.251 e. The Balaban J connectivity index is 2.95. The maximum atomic E-state index is 11.6. The first-order chi connectivity index (χ1) is 7.69. The van der Waals surface area contributed by atoms with Crippen molar-refractivity contribution in [2.45, 2.75) is 13.8 Å². The molecule has 0 radical (unpaired) electrons. The number of hydrogen-bond donors (Lipinski definition) is 1. The van der Waals surface area contributed by atoms with Crippen LogP contribution < -0.4 is 5.32 Å². The normalized spacial score (nSPS) is 10.4. The van der Waals surface area contributed by atoms with Crippen molar-refractivity contribution in [3.63, 3.8) is 0 Å². The van der Waals surface area contributed by atoms with E-state index in [4.69, 9.17) is 0 Å². The molecule has 0 heterocycles. The summed E-state index contributed by atoms with van der Waals surface area (Å²) in [5.41, 5.74) is 2.56. The van der Waals surface area contributed by atoms with Crippen LogP contribution in [0, 0.1) is 0 Å². The molecule has 2 nitrogen and oxygen atoms in total. The van der Waals surface area contributed by atoms with Crippen molar-refractivity contribution in [2.75, 3.05) is 6.54 Å². The van der Waals surface area contributed by atoms with Crippen LogP contribution in [0.1, 0.15) is 29.8 Å². The fraction of sp³-hybridized carbons (Fsp3) is 0.214. The third-order valence-corrected chi connectivity index (χ3v) is 2.20. The summed E-state index contributed by atoms with van der Waals surface area (Å²) in [6.07, 6.45) is 3.86. The lowest BCUT2D eigenvalue weighted by Crippen LogP contribution is -2.22. The van der Waals surface area contributed by atoms with E-state index in [0.717, 1.165) is 11.1 Å². The number of allylic oxidation sites excluding steroid dienone is 3. The first kappa shape index (κ1) is 12.2. The van der Waals surface area contributed by atoms with E-state index in [2.05, 4.69) is 11.9 Å². The summed E-state index contributed by atoms with van der Waals surface area (Å²) >= 11 is 0. The van der Waals surface area contributed by atoms with Gasteiger partial charge in [0.2, 0.25) is 0 Å². The first-order valence-electron chi connectivity index (χ1n) is 5.39. The quantitative estimate of drug-likeness (QED) is 0.768. The van der Waals surface area contributed by atoms with E-state index in [9.17, 15) is 4.79 Å². The fourth-order valence-electron chi connectivity index (χ4n) is 1.42. The second kappa shape index (κ2) is 5.91. The van der Waals surface area contributed by atoms with Crippen LogP contribution in [0.5, 0.6) is 0 Å². The molecule has 16 heavy (non-hydrogen) atoms. The van der Waals surface area contributed by atoms with Gasteiger partial charge in [0, 0.05) is 12.1 Å². The van der Waals surface area contributed by atoms with Gasteiger partial charge < -0.3 is 5.32 Å². The van der Waals surface area contributed by atoms with Crippen molar-refractivity contribution in [1.29, 1.82) is 0 Å². The smallest absolute Gasteiger partial charge is 0.251 e. The third-order valence-electron chi connectivity index (χ3n) is 2.20. The van der Waals surface area contributed by atoms with Crippen LogP contribution in [0.25, 0.3) is 5.57 Å². The Kier molecular flexibility index (Phi) is 4.52. The van der Waals surface area contributed by atoms with Crippen LogP contribution in [0.2, 0.25) is 0 Å². The Bertz CT molecular complexity index is 418. The van der Waals surface area contributed by atoms with E-state index in [1.165, 1.54) is 0 Å². The van der Waals surface area contributed by atoms with Gasteiger partial charge in [-0.1, -0.05) is 30.9 Å². The lowest BCUT2D eigenvalue weighted by atomic mass is 10.0. The summed E-state index contributed by atoms with van der Waals surface area (Å²) in [6, 6.07) is 7.48. The van der Waals surface area contributed by atoms with Crippen LogP contribution in [0.4, 0.5) is 0 Å². The SMILES string of the molecule is C=C(C=CC)c1cccc(C(=O)NCC)c1. The lowest BCUT2D eigenvalue weighted by molar-refractivity contribution is 0.0956. The van der Waals surface area contributed by atoms with Crippen LogP contribution in [-0.2, 0) is 0 Å². The van der Waals surface area contributed by atoms with E-state index in [1.807, 2.05) is 44.2 Å².